The van der Waals surface area contributed by atoms with E-state index in [-0.39, 0.29) is 29.5 Å². The zero-order chi connectivity index (χ0) is 48.3. The number of benzene rings is 2. The Morgan fingerprint density at radius 1 is 0.632 bits per heavy atom. The molecule has 2 aliphatic rings. The first-order valence-corrected chi connectivity index (χ1v) is 21.5. The van der Waals surface area contributed by atoms with Crippen molar-refractivity contribution in [2.24, 2.45) is 0 Å². The first-order valence-electron chi connectivity index (χ1n) is 21.5. The smallest absolute Gasteiger partial charge is 0.416 e. The van der Waals surface area contributed by atoms with Gasteiger partial charge in [-0.05, 0) is 81.6 Å². The predicted molar refractivity (Wildman–Crippen MR) is 239 cm³/mol. The monoisotopic (exact) mass is 948 g/mol. The van der Waals surface area contributed by atoms with Crippen LogP contribution in [0.25, 0.3) is 22.1 Å². The predicted octanol–water partition coefficient (Wildman–Crippen LogP) is 5.36. The summed E-state index contributed by atoms with van der Waals surface area (Å²) in [4.78, 5) is 64.9. The molecule has 0 saturated carbocycles. The van der Waals surface area contributed by atoms with Gasteiger partial charge in [-0.25, -0.2) is 19.9 Å². The van der Waals surface area contributed by atoms with Crippen LogP contribution in [0.5, 0.6) is 11.5 Å². The number of aromatic nitrogens is 6. The van der Waals surface area contributed by atoms with Crippen molar-refractivity contribution in [1.29, 1.82) is 0 Å². The second-order valence-electron chi connectivity index (χ2n) is 16.4. The average Bonchev–Trinajstić information content (AvgIpc) is 3.30. The number of hydrogen-bond acceptors (Lipinski definition) is 15. The number of aliphatic hydroxyl groups excluding tert-OH is 1. The van der Waals surface area contributed by atoms with Gasteiger partial charge in [-0.2, -0.15) is 36.3 Å². The fourth-order valence-corrected chi connectivity index (χ4v) is 7.70. The van der Waals surface area contributed by atoms with Crippen LogP contribution < -0.4 is 29.9 Å². The van der Waals surface area contributed by atoms with Crippen molar-refractivity contribution in [3.63, 3.8) is 0 Å². The molecule has 0 aliphatic carbocycles. The van der Waals surface area contributed by atoms with E-state index in [4.69, 9.17) is 9.47 Å². The second kappa shape index (κ2) is 19.7. The van der Waals surface area contributed by atoms with Crippen molar-refractivity contribution in [3.8, 4) is 11.5 Å². The molecule has 6 heterocycles. The Kier molecular flexibility index (Phi) is 13.8. The van der Waals surface area contributed by atoms with Crippen molar-refractivity contribution < 1.29 is 50.5 Å². The quantitative estimate of drug-likeness (QED) is 0.126. The van der Waals surface area contributed by atoms with Gasteiger partial charge in [-0.15, -0.1) is 0 Å². The lowest BCUT2D eigenvalue weighted by molar-refractivity contribution is -0.138. The zero-order valence-electron chi connectivity index (χ0n) is 37.0. The average molecular weight is 949 g/mol. The van der Waals surface area contributed by atoms with Gasteiger partial charge in [0.2, 0.25) is 24.1 Å². The molecule has 0 radical (unpaired) electrons. The third-order valence-corrected chi connectivity index (χ3v) is 11.5. The van der Waals surface area contributed by atoms with Crippen LogP contribution in [0.4, 0.5) is 49.6 Å². The van der Waals surface area contributed by atoms with Gasteiger partial charge in [0.25, 0.3) is 11.8 Å². The van der Waals surface area contributed by atoms with Crippen LogP contribution in [-0.4, -0.2) is 141 Å². The first-order chi connectivity index (χ1) is 32.4. The number of anilines is 4. The van der Waals surface area contributed by atoms with Crippen molar-refractivity contribution in [2.45, 2.75) is 38.4 Å². The maximum Gasteiger partial charge on any atom is 0.416 e. The highest BCUT2D eigenvalue weighted by atomic mass is 19.4. The summed E-state index contributed by atoms with van der Waals surface area (Å²) < 4.78 is 93.5. The molecule has 2 unspecified atom stereocenters. The first kappa shape index (κ1) is 47.5. The normalized spacial score (nSPS) is 16.1. The van der Waals surface area contributed by atoms with Crippen LogP contribution in [0.1, 0.15) is 22.5 Å². The van der Waals surface area contributed by atoms with Crippen LogP contribution in [0.15, 0.2) is 73.1 Å². The van der Waals surface area contributed by atoms with Gasteiger partial charge in [0, 0.05) is 69.7 Å². The number of hydrogen-bond donors (Lipinski definition) is 3. The van der Waals surface area contributed by atoms with E-state index in [2.05, 4.69) is 50.3 Å². The Morgan fingerprint density at radius 3 is 1.41 bits per heavy atom. The molecular formula is C45H46F6N12O5. The maximum absolute atomic E-state index is 14.5. The summed E-state index contributed by atoms with van der Waals surface area (Å²) in [6.45, 7) is 9.77. The molecule has 2 aromatic carbocycles. The van der Waals surface area contributed by atoms with E-state index in [1.807, 2.05) is 16.8 Å². The van der Waals surface area contributed by atoms with Gasteiger partial charge in [0.1, 0.15) is 11.5 Å². The number of piperazine rings is 2. The fraction of sp³-hybridized carbons (Fsp3) is 0.378. The summed E-state index contributed by atoms with van der Waals surface area (Å²) in [6, 6.07) is 9.77. The van der Waals surface area contributed by atoms with E-state index < -0.39 is 47.5 Å². The number of pyridine rings is 2. The van der Waals surface area contributed by atoms with E-state index in [0.29, 0.717) is 91.2 Å². The van der Waals surface area contributed by atoms with Crippen LogP contribution in [0.2, 0.25) is 0 Å². The van der Waals surface area contributed by atoms with Crippen molar-refractivity contribution >= 4 is 57.2 Å². The number of likely N-dealkylation sites (N-methyl/N-ethyl adjacent to an activating group) is 1. The maximum atomic E-state index is 14.5. The number of nitrogens with one attached hydrogen (secondary N) is 2. The van der Waals surface area contributed by atoms with Gasteiger partial charge in [0.05, 0.1) is 52.9 Å². The number of aliphatic hydroxyl groups is 1. The molecule has 17 nitrogen and oxygen atoms in total. The minimum Gasteiger partial charge on any atom is -0.476 e. The van der Waals surface area contributed by atoms with Crippen LogP contribution in [0, 0.1) is 13.8 Å². The van der Waals surface area contributed by atoms with Crippen molar-refractivity contribution in [1.82, 2.24) is 39.7 Å². The molecule has 3 N–H and O–H groups in total. The number of β-amino-alcohol motifs (C(OH)–C–C–N with tert-alkyl or cyclic N) is 1. The van der Waals surface area contributed by atoms with Gasteiger partial charge in [-0.1, -0.05) is 0 Å². The highest BCUT2D eigenvalue weighted by Gasteiger charge is 2.40. The van der Waals surface area contributed by atoms with E-state index in [1.165, 1.54) is 12.4 Å². The fourth-order valence-electron chi connectivity index (χ4n) is 7.70. The third kappa shape index (κ3) is 11.1. The SMILES string of the molecule is Cc1nc(N2CCN(C)CC2)nc2ncc(NC(=O)C(Oc3ccc(C(F)(F)F)cc3)C(Oc3ccc(C(F)(F)F)cc3)C(=O)Nc3cnc4nc(N5CCN(CCO)CC5)nc(C)c4c3)cc12. The van der Waals surface area contributed by atoms with E-state index >= 15 is 0 Å². The molecule has 2 fully saturated rings. The molecular weight excluding hydrogens is 903 g/mol. The summed E-state index contributed by atoms with van der Waals surface area (Å²) in [7, 11) is 2.02. The zero-order valence-corrected chi connectivity index (χ0v) is 37.0. The molecule has 23 heteroatoms. The number of aryl methyl sites for hydroxylation is 2. The number of ether oxygens (including phenoxy) is 2. The van der Waals surface area contributed by atoms with E-state index in [9.17, 15) is 41.0 Å². The molecule has 6 aromatic rings. The highest BCUT2D eigenvalue weighted by molar-refractivity contribution is 6.03. The Labute approximate surface area is 385 Å². The minimum atomic E-state index is -4.71. The van der Waals surface area contributed by atoms with E-state index in [0.717, 1.165) is 61.6 Å². The molecule has 8 rings (SSSR count). The standard InChI is InChI=1S/C45H46F6N12O5/c1-26-34-22-30(24-52-38(34)58-42(54-26)62-16-12-60(3)13-17-62)56-40(65)36(67-32-8-4-28(5-9-32)44(46,47)48)37(68-33-10-6-29(7-11-33)45(49,50)51)41(66)57-31-23-35-27(2)55-43(59-39(35)53-25-31)63-18-14-61(15-19-63)20-21-64/h4-11,22-25,36-37,64H,12-21H2,1-3H3,(H,56,65)(H,57,66). The van der Waals surface area contributed by atoms with Crippen LogP contribution in [-0.2, 0) is 21.9 Å². The number of carbonyl (C=O) groups is 2. The van der Waals surface area contributed by atoms with Crippen LogP contribution >= 0.6 is 0 Å². The number of fused-ring (bicyclic) bond motifs is 2. The van der Waals surface area contributed by atoms with Gasteiger partial charge in [-0.3, -0.25) is 14.5 Å². The molecule has 2 amide bonds. The number of carbonyl (C=O) groups excluding carboxylic acids is 2. The Morgan fingerprint density at radius 2 is 1.03 bits per heavy atom. The number of alkyl halides is 6. The van der Waals surface area contributed by atoms with Gasteiger partial charge >= 0.3 is 12.4 Å². The number of halogens is 6. The molecule has 358 valence electrons. The largest absolute Gasteiger partial charge is 0.476 e. The molecule has 0 bridgehead atoms. The number of rotatable bonds is 13. The lowest BCUT2D eigenvalue weighted by Crippen LogP contribution is -2.51. The highest BCUT2D eigenvalue weighted by Crippen LogP contribution is 2.33. The molecule has 4 aromatic heterocycles. The summed E-state index contributed by atoms with van der Waals surface area (Å²) in [5.41, 5.74) is -0.152. The van der Waals surface area contributed by atoms with Crippen molar-refractivity contribution in [2.75, 3.05) is 93.0 Å². The topological polar surface area (TPSA) is 187 Å². The van der Waals surface area contributed by atoms with Crippen molar-refractivity contribution in [3.05, 3.63) is 95.6 Å². The van der Waals surface area contributed by atoms with Crippen LogP contribution in [0.3, 0.4) is 0 Å². The molecule has 0 spiro atoms. The Bertz CT molecular complexity index is 2770. The lowest BCUT2D eigenvalue weighted by Gasteiger charge is -2.34. The third-order valence-electron chi connectivity index (χ3n) is 11.5. The number of amides is 2. The number of nitrogens with zero attached hydrogens (tertiary/aromatic N) is 10. The minimum absolute atomic E-state index is 0.0494. The summed E-state index contributed by atoms with van der Waals surface area (Å²) >= 11 is 0. The molecule has 68 heavy (non-hydrogen) atoms. The molecule has 2 atom stereocenters. The molecule has 2 saturated heterocycles. The Balaban J connectivity index is 1.12. The second-order valence-corrected chi connectivity index (χ2v) is 16.4. The van der Waals surface area contributed by atoms with Gasteiger partial charge < -0.3 is 39.9 Å². The lowest BCUT2D eigenvalue weighted by atomic mass is 10.1. The van der Waals surface area contributed by atoms with Gasteiger partial charge in [0.15, 0.2) is 11.3 Å². The summed E-state index contributed by atoms with van der Waals surface area (Å²) in [5.74, 6) is -1.72. The van der Waals surface area contributed by atoms with E-state index in [1.54, 1.807) is 26.0 Å². The molecule has 2 aliphatic heterocycles. The summed E-state index contributed by atoms with van der Waals surface area (Å²) in [6.07, 6.45) is -10.9. The Hall–Kier alpha value is -6.98. The summed E-state index contributed by atoms with van der Waals surface area (Å²) in [5, 5.41) is 15.6.